The van der Waals surface area contributed by atoms with Crippen LogP contribution in [-0.2, 0) is 6.54 Å². The van der Waals surface area contributed by atoms with Crippen molar-refractivity contribution in [2.24, 2.45) is 5.73 Å². The van der Waals surface area contributed by atoms with E-state index in [1.54, 1.807) is 0 Å². The minimum Gasteiger partial charge on any atom is -0.492 e. The van der Waals surface area contributed by atoms with Gasteiger partial charge in [0.15, 0.2) is 0 Å². The van der Waals surface area contributed by atoms with E-state index in [-0.39, 0.29) is 0 Å². The zero-order valence-corrected chi connectivity index (χ0v) is 10.9. The molecular weight excluding hydrogens is 232 g/mol. The lowest BCUT2D eigenvalue weighted by Gasteiger charge is -2.25. The van der Waals surface area contributed by atoms with E-state index in [0.29, 0.717) is 6.54 Å². The molecule has 0 amide bonds. The zero-order chi connectivity index (χ0) is 11.9. The second kappa shape index (κ2) is 6.89. The highest BCUT2D eigenvalue weighted by Crippen LogP contribution is 2.12. The molecule has 0 unspecified atom stereocenters. The summed E-state index contributed by atoms with van der Waals surface area (Å²) in [5.74, 6) is 3.45. The van der Waals surface area contributed by atoms with Crippen LogP contribution in [0.5, 0.6) is 5.75 Å². The van der Waals surface area contributed by atoms with Gasteiger partial charge >= 0.3 is 0 Å². The van der Waals surface area contributed by atoms with Gasteiger partial charge in [-0.05, 0) is 17.7 Å². The second-order valence-electron chi connectivity index (χ2n) is 4.15. The van der Waals surface area contributed by atoms with Crippen LogP contribution in [0, 0.1) is 0 Å². The van der Waals surface area contributed by atoms with Crippen LogP contribution >= 0.6 is 11.8 Å². The predicted octanol–water partition coefficient (Wildman–Crippen LogP) is 1.57. The number of benzene rings is 1. The highest BCUT2D eigenvalue weighted by atomic mass is 32.2. The lowest BCUT2D eigenvalue weighted by Crippen LogP contribution is -2.35. The SMILES string of the molecule is NCc1ccc(OCCN2CCSCC2)cc1. The molecule has 1 heterocycles. The van der Waals surface area contributed by atoms with E-state index in [1.807, 2.05) is 36.0 Å². The first-order chi connectivity index (χ1) is 8.38. The van der Waals surface area contributed by atoms with Crippen LogP contribution in [0.1, 0.15) is 5.56 Å². The molecule has 3 nitrogen and oxygen atoms in total. The third kappa shape index (κ3) is 4.22. The summed E-state index contributed by atoms with van der Waals surface area (Å²) in [7, 11) is 0. The maximum atomic E-state index is 5.72. The van der Waals surface area contributed by atoms with Crippen molar-refractivity contribution in [3.63, 3.8) is 0 Å². The molecule has 94 valence electrons. The van der Waals surface area contributed by atoms with Gasteiger partial charge in [0, 0.05) is 37.7 Å². The number of nitrogens with zero attached hydrogens (tertiary/aromatic N) is 1. The number of hydrogen-bond acceptors (Lipinski definition) is 4. The fourth-order valence-corrected chi connectivity index (χ4v) is 2.82. The highest BCUT2D eigenvalue weighted by molar-refractivity contribution is 7.99. The normalized spacial score (nSPS) is 17.0. The van der Waals surface area contributed by atoms with Gasteiger partial charge in [-0.25, -0.2) is 0 Å². The first-order valence-corrected chi connectivity index (χ1v) is 7.26. The minimum absolute atomic E-state index is 0.589. The van der Waals surface area contributed by atoms with Gasteiger partial charge in [-0.1, -0.05) is 12.1 Å². The smallest absolute Gasteiger partial charge is 0.119 e. The number of hydrogen-bond donors (Lipinski definition) is 1. The van der Waals surface area contributed by atoms with Gasteiger partial charge in [-0.15, -0.1) is 0 Å². The quantitative estimate of drug-likeness (QED) is 0.863. The molecule has 0 saturated carbocycles. The van der Waals surface area contributed by atoms with E-state index in [2.05, 4.69) is 4.90 Å². The van der Waals surface area contributed by atoms with E-state index in [4.69, 9.17) is 10.5 Å². The van der Waals surface area contributed by atoms with Crippen LogP contribution < -0.4 is 10.5 Å². The van der Waals surface area contributed by atoms with Crippen molar-refractivity contribution in [3.05, 3.63) is 29.8 Å². The van der Waals surface area contributed by atoms with Gasteiger partial charge in [-0.3, -0.25) is 4.90 Å². The Labute approximate surface area is 107 Å². The standard InChI is InChI=1S/C13H20N2OS/c14-11-12-1-3-13(4-2-12)16-8-5-15-6-9-17-10-7-15/h1-4H,5-11,14H2. The molecule has 1 aliphatic rings. The van der Waals surface area contributed by atoms with E-state index in [1.165, 1.54) is 24.6 Å². The van der Waals surface area contributed by atoms with Gasteiger partial charge in [0.25, 0.3) is 0 Å². The molecule has 1 aromatic rings. The van der Waals surface area contributed by atoms with Crippen LogP contribution in [0.15, 0.2) is 24.3 Å². The van der Waals surface area contributed by atoms with Crippen LogP contribution in [0.2, 0.25) is 0 Å². The van der Waals surface area contributed by atoms with Crippen molar-refractivity contribution in [1.29, 1.82) is 0 Å². The summed E-state index contributed by atoms with van der Waals surface area (Å²) in [4.78, 5) is 2.46. The van der Waals surface area contributed by atoms with Crippen LogP contribution in [0.3, 0.4) is 0 Å². The Hall–Kier alpha value is -0.710. The molecule has 1 fully saturated rings. The number of ether oxygens (including phenoxy) is 1. The van der Waals surface area contributed by atoms with Crippen LogP contribution in [-0.4, -0.2) is 42.6 Å². The Bertz CT molecular complexity index is 323. The van der Waals surface area contributed by atoms with Crippen molar-refractivity contribution >= 4 is 11.8 Å². The summed E-state index contributed by atoms with van der Waals surface area (Å²) < 4.78 is 5.72. The summed E-state index contributed by atoms with van der Waals surface area (Å²) in [5.41, 5.74) is 6.69. The van der Waals surface area contributed by atoms with Crippen LogP contribution in [0.4, 0.5) is 0 Å². The summed E-state index contributed by atoms with van der Waals surface area (Å²) in [6, 6.07) is 8.03. The fourth-order valence-electron chi connectivity index (χ4n) is 1.84. The second-order valence-corrected chi connectivity index (χ2v) is 5.38. The Morgan fingerprint density at radius 1 is 1.18 bits per heavy atom. The fraction of sp³-hybridized carbons (Fsp3) is 0.538. The molecule has 0 aromatic heterocycles. The van der Waals surface area contributed by atoms with Gasteiger partial charge in [-0.2, -0.15) is 11.8 Å². The Morgan fingerprint density at radius 2 is 1.88 bits per heavy atom. The monoisotopic (exact) mass is 252 g/mol. The molecule has 4 heteroatoms. The first kappa shape index (κ1) is 12.7. The Morgan fingerprint density at radius 3 is 2.53 bits per heavy atom. The molecule has 2 N–H and O–H groups in total. The lowest BCUT2D eigenvalue weighted by atomic mass is 10.2. The predicted molar refractivity (Wildman–Crippen MR) is 73.6 cm³/mol. The molecule has 1 saturated heterocycles. The van der Waals surface area contributed by atoms with Crippen molar-refractivity contribution in [2.75, 3.05) is 37.7 Å². The van der Waals surface area contributed by atoms with Crippen molar-refractivity contribution < 1.29 is 4.74 Å². The molecule has 0 spiro atoms. The lowest BCUT2D eigenvalue weighted by molar-refractivity contribution is 0.222. The molecule has 0 atom stereocenters. The largest absolute Gasteiger partial charge is 0.492 e. The zero-order valence-electron chi connectivity index (χ0n) is 10.1. The maximum Gasteiger partial charge on any atom is 0.119 e. The minimum atomic E-state index is 0.589. The van der Waals surface area contributed by atoms with Gasteiger partial charge in [0.2, 0.25) is 0 Å². The van der Waals surface area contributed by atoms with E-state index < -0.39 is 0 Å². The molecule has 0 radical (unpaired) electrons. The highest BCUT2D eigenvalue weighted by Gasteiger charge is 2.09. The molecule has 0 bridgehead atoms. The first-order valence-electron chi connectivity index (χ1n) is 6.10. The molecule has 2 rings (SSSR count). The summed E-state index contributed by atoms with van der Waals surface area (Å²) in [5, 5.41) is 0. The van der Waals surface area contributed by atoms with E-state index in [0.717, 1.165) is 24.5 Å². The molecule has 1 aliphatic heterocycles. The number of rotatable bonds is 5. The summed E-state index contributed by atoms with van der Waals surface area (Å²) in [6.07, 6.45) is 0. The third-order valence-corrected chi connectivity index (χ3v) is 3.88. The van der Waals surface area contributed by atoms with Gasteiger partial charge in [0.05, 0.1) is 0 Å². The van der Waals surface area contributed by atoms with Crippen molar-refractivity contribution in [2.45, 2.75) is 6.54 Å². The van der Waals surface area contributed by atoms with Gasteiger partial charge < -0.3 is 10.5 Å². The molecule has 17 heavy (non-hydrogen) atoms. The van der Waals surface area contributed by atoms with E-state index >= 15 is 0 Å². The average molecular weight is 252 g/mol. The number of nitrogens with two attached hydrogens (primary N) is 1. The molecule has 0 aliphatic carbocycles. The van der Waals surface area contributed by atoms with Crippen molar-refractivity contribution in [3.8, 4) is 5.75 Å². The molecule has 1 aromatic carbocycles. The van der Waals surface area contributed by atoms with Gasteiger partial charge in [0.1, 0.15) is 12.4 Å². The maximum absolute atomic E-state index is 5.72. The number of thioether (sulfide) groups is 1. The van der Waals surface area contributed by atoms with Crippen molar-refractivity contribution in [1.82, 2.24) is 4.90 Å². The summed E-state index contributed by atoms with van der Waals surface area (Å²) >= 11 is 2.04. The van der Waals surface area contributed by atoms with Crippen LogP contribution in [0.25, 0.3) is 0 Å². The third-order valence-electron chi connectivity index (χ3n) is 2.94. The average Bonchev–Trinajstić information content (AvgIpc) is 2.41. The topological polar surface area (TPSA) is 38.5 Å². The Kier molecular flexibility index (Phi) is 5.16. The Balaban J connectivity index is 1.69. The summed E-state index contributed by atoms with van der Waals surface area (Å²) in [6.45, 7) is 4.78. The molecular formula is C13H20N2OS. The van der Waals surface area contributed by atoms with E-state index in [9.17, 15) is 0 Å².